The van der Waals surface area contributed by atoms with Crippen molar-refractivity contribution in [3.63, 3.8) is 0 Å². The number of nitrogens with one attached hydrogen (secondary N) is 1. The summed E-state index contributed by atoms with van der Waals surface area (Å²) in [6.45, 7) is 0.962. The quantitative estimate of drug-likeness (QED) is 0.339. The summed E-state index contributed by atoms with van der Waals surface area (Å²) >= 11 is 1.53. The van der Waals surface area contributed by atoms with E-state index >= 15 is 0 Å². The molecule has 3 aromatic carbocycles. The highest BCUT2D eigenvalue weighted by Gasteiger charge is 2.17. The minimum absolute atomic E-state index is 0.179. The third-order valence-corrected chi connectivity index (χ3v) is 5.86. The minimum Gasteiger partial charge on any atom is -0.485 e. The van der Waals surface area contributed by atoms with Crippen LogP contribution in [0.15, 0.2) is 95.8 Å². The Balaban J connectivity index is 1.44. The minimum atomic E-state index is -0.179. The lowest BCUT2D eigenvalue weighted by Crippen LogP contribution is -2.18. The first-order valence-corrected chi connectivity index (χ1v) is 11.2. The van der Waals surface area contributed by atoms with E-state index in [-0.39, 0.29) is 5.91 Å². The molecule has 0 saturated heterocycles. The summed E-state index contributed by atoms with van der Waals surface area (Å²) in [7, 11) is 0. The van der Waals surface area contributed by atoms with Gasteiger partial charge in [0, 0.05) is 22.8 Å². The third kappa shape index (κ3) is 4.26. The number of para-hydroxylation sites is 3. The predicted molar refractivity (Wildman–Crippen MR) is 128 cm³/mol. The zero-order valence-electron chi connectivity index (χ0n) is 17.3. The number of thiazole rings is 1. The zero-order valence-corrected chi connectivity index (χ0v) is 18.1. The average molecular weight is 440 g/mol. The summed E-state index contributed by atoms with van der Waals surface area (Å²) in [5, 5.41) is 6.02. The van der Waals surface area contributed by atoms with Crippen LogP contribution in [0.25, 0.3) is 10.9 Å². The number of aromatic nitrogens is 2. The van der Waals surface area contributed by atoms with E-state index in [4.69, 9.17) is 4.74 Å². The van der Waals surface area contributed by atoms with Gasteiger partial charge in [-0.05, 0) is 29.8 Å². The molecule has 5 aromatic rings. The number of fused-ring (bicyclic) bond motifs is 1. The van der Waals surface area contributed by atoms with Crippen molar-refractivity contribution in [2.75, 3.05) is 5.32 Å². The molecule has 158 valence electrons. The van der Waals surface area contributed by atoms with Gasteiger partial charge < -0.3 is 14.6 Å². The Kier molecular flexibility index (Phi) is 5.68. The summed E-state index contributed by atoms with van der Waals surface area (Å²) in [6, 6.07) is 27.6. The van der Waals surface area contributed by atoms with Crippen LogP contribution in [-0.2, 0) is 13.2 Å². The molecule has 0 bridgehead atoms. The fraction of sp³-hybridized carbons (Fsp3) is 0.0769. The molecule has 6 heteroatoms. The maximum atomic E-state index is 13.4. The lowest BCUT2D eigenvalue weighted by Gasteiger charge is -2.14. The number of benzene rings is 3. The fourth-order valence-corrected chi connectivity index (χ4v) is 4.22. The number of hydrogen-bond acceptors (Lipinski definition) is 4. The van der Waals surface area contributed by atoms with E-state index < -0.39 is 0 Å². The van der Waals surface area contributed by atoms with Crippen LogP contribution < -0.4 is 10.1 Å². The van der Waals surface area contributed by atoms with Crippen LogP contribution in [0.1, 0.15) is 21.7 Å². The highest BCUT2D eigenvalue weighted by Crippen LogP contribution is 2.27. The van der Waals surface area contributed by atoms with E-state index in [1.807, 2.05) is 78.2 Å². The first-order chi connectivity index (χ1) is 15.8. The highest BCUT2D eigenvalue weighted by atomic mass is 32.1. The van der Waals surface area contributed by atoms with Crippen LogP contribution >= 0.6 is 11.3 Å². The molecule has 2 aromatic heterocycles. The Hall–Kier alpha value is -3.90. The van der Waals surface area contributed by atoms with Crippen molar-refractivity contribution in [1.29, 1.82) is 0 Å². The van der Waals surface area contributed by atoms with E-state index in [1.54, 1.807) is 5.51 Å². The monoisotopic (exact) mass is 439 g/mol. The molecule has 0 atom stereocenters. The molecular formula is C26H21N3O2S. The van der Waals surface area contributed by atoms with Crippen LogP contribution in [0.4, 0.5) is 5.69 Å². The van der Waals surface area contributed by atoms with Gasteiger partial charge in [0.2, 0.25) is 0 Å². The molecule has 5 rings (SSSR count). The molecule has 32 heavy (non-hydrogen) atoms. The van der Waals surface area contributed by atoms with E-state index in [1.165, 1.54) is 11.3 Å². The zero-order chi connectivity index (χ0) is 21.8. The predicted octanol–water partition coefficient (Wildman–Crippen LogP) is 5.98. The summed E-state index contributed by atoms with van der Waals surface area (Å²) < 4.78 is 7.98. The standard InChI is InChI=1S/C26H21N3O2S/c30-26(28-22-11-5-7-13-25(22)31-16-21-17-32-18-27-21)24-14-20-10-4-6-12-23(20)29(24)15-19-8-2-1-3-9-19/h1-14,17-18H,15-16H2,(H,28,30). The summed E-state index contributed by atoms with van der Waals surface area (Å²) in [6.07, 6.45) is 0. The van der Waals surface area contributed by atoms with Gasteiger partial charge in [0.05, 0.1) is 16.9 Å². The molecule has 1 amide bonds. The van der Waals surface area contributed by atoms with Crippen LogP contribution in [0.2, 0.25) is 0 Å². The molecule has 0 aliphatic rings. The Morgan fingerprint density at radius 2 is 1.75 bits per heavy atom. The van der Waals surface area contributed by atoms with Gasteiger partial charge in [0.1, 0.15) is 18.1 Å². The smallest absolute Gasteiger partial charge is 0.272 e. The number of amides is 1. The maximum Gasteiger partial charge on any atom is 0.272 e. The number of hydrogen-bond donors (Lipinski definition) is 1. The van der Waals surface area contributed by atoms with Crippen molar-refractivity contribution < 1.29 is 9.53 Å². The van der Waals surface area contributed by atoms with Gasteiger partial charge in [-0.15, -0.1) is 11.3 Å². The Labute approximate surface area is 189 Å². The number of rotatable bonds is 7. The van der Waals surface area contributed by atoms with Crippen LogP contribution in [-0.4, -0.2) is 15.5 Å². The molecule has 0 spiro atoms. The number of anilines is 1. The first-order valence-electron chi connectivity index (χ1n) is 10.3. The molecule has 0 fully saturated rings. The lowest BCUT2D eigenvalue weighted by atomic mass is 10.2. The first kappa shape index (κ1) is 20.0. The molecule has 0 radical (unpaired) electrons. The van der Waals surface area contributed by atoms with E-state index in [0.717, 1.165) is 22.2 Å². The molecule has 5 nitrogen and oxygen atoms in total. The van der Waals surface area contributed by atoms with Crippen molar-refractivity contribution in [3.05, 3.63) is 113 Å². The molecule has 0 unspecified atom stereocenters. The topological polar surface area (TPSA) is 56.1 Å². The molecule has 0 aliphatic heterocycles. The van der Waals surface area contributed by atoms with Gasteiger partial charge in [-0.2, -0.15) is 0 Å². The Morgan fingerprint density at radius 1 is 0.969 bits per heavy atom. The number of carbonyl (C=O) groups excluding carboxylic acids is 1. The van der Waals surface area contributed by atoms with Crippen molar-refractivity contribution in [2.45, 2.75) is 13.2 Å². The number of nitrogens with zero attached hydrogens (tertiary/aromatic N) is 2. The van der Waals surface area contributed by atoms with Gasteiger partial charge in [0.15, 0.2) is 0 Å². The maximum absolute atomic E-state index is 13.4. The summed E-state index contributed by atoms with van der Waals surface area (Å²) in [5.74, 6) is 0.432. The van der Waals surface area contributed by atoms with Crippen LogP contribution in [0, 0.1) is 0 Å². The largest absolute Gasteiger partial charge is 0.485 e. The second kappa shape index (κ2) is 9.08. The normalized spacial score (nSPS) is 10.9. The van der Waals surface area contributed by atoms with Crippen molar-refractivity contribution in [3.8, 4) is 5.75 Å². The van der Waals surface area contributed by atoms with Gasteiger partial charge in [-0.1, -0.05) is 60.7 Å². The van der Waals surface area contributed by atoms with Crippen molar-refractivity contribution in [1.82, 2.24) is 9.55 Å². The highest BCUT2D eigenvalue weighted by molar-refractivity contribution is 7.07. The Bertz CT molecular complexity index is 1340. The fourth-order valence-electron chi connectivity index (χ4n) is 3.68. The van der Waals surface area contributed by atoms with Crippen molar-refractivity contribution in [2.24, 2.45) is 0 Å². The van der Waals surface area contributed by atoms with Crippen LogP contribution in [0.3, 0.4) is 0 Å². The van der Waals surface area contributed by atoms with Gasteiger partial charge >= 0.3 is 0 Å². The third-order valence-electron chi connectivity index (χ3n) is 5.22. The molecule has 1 N–H and O–H groups in total. The molecular weight excluding hydrogens is 418 g/mol. The van der Waals surface area contributed by atoms with Crippen molar-refractivity contribution >= 4 is 33.8 Å². The molecule has 0 aliphatic carbocycles. The average Bonchev–Trinajstić information content (AvgIpc) is 3.48. The van der Waals surface area contributed by atoms with Gasteiger partial charge in [-0.3, -0.25) is 4.79 Å². The van der Waals surface area contributed by atoms with Gasteiger partial charge in [-0.25, -0.2) is 4.98 Å². The van der Waals surface area contributed by atoms with E-state index in [2.05, 4.69) is 27.0 Å². The second-order valence-electron chi connectivity index (χ2n) is 7.38. The second-order valence-corrected chi connectivity index (χ2v) is 8.10. The number of carbonyl (C=O) groups is 1. The molecule has 0 saturated carbocycles. The summed E-state index contributed by atoms with van der Waals surface area (Å²) in [5.41, 5.74) is 6.02. The number of ether oxygens (including phenoxy) is 1. The molecule has 2 heterocycles. The Morgan fingerprint density at radius 3 is 2.59 bits per heavy atom. The lowest BCUT2D eigenvalue weighted by molar-refractivity contribution is 0.101. The van der Waals surface area contributed by atoms with E-state index in [9.17, 15) is 4.79 Å². The van der Waals surface area contributed by atoms with Crippen LogP contribution in [0.5, 0.6) is 5.75 Å². The summed E-state index contributed by atoms with van der Waals surface area (Å²) in [4.78, 5) is 17.6. The SMILES string of the molecule is O=C(Nc1ccccc1OCc1cscn1)c1cc2ccccc2n1Cc1ccccc1. The van der Waals surface area contributed by atoms with E-state index in [0.29, 0.717) is 30.3 Å². The van der Waals surface area contributed by atoms with Gasteiger partial charge in [0.25, 0.3) is 5.91 Å².